The Morgan fingerprint density at radius 3 is 2.38 bits per heavy atom. The molecule has 1 saturated heterocycles. The first kappa shape index (κ1) is 21.2. The predicted molar refractivity (Wildman–Crippen MR) is 109 cm³/mol. The van der Waals surface area contributed by atoms with Crippen LogP contribution in [0.5, 0.6) is 0 Å². The molecule has 1 fully saturated rings. The second-order valence-electron chi connectivity index (χ2n) is 8.21. The summed E-state index contributed by atoms with van der Waals surface area (Å²) in [5.41, 5.74) is 0.281. The normalized spacial score (nSPS) is 15.3. The molecule has 1 aromatic carbocycles. The van der Waals surface area contributed by atoms with E-state index in [9.17, 15) is 14.0 Å². The van der Waals surface area contributed by atoms with Gasteiger partial charge in [-0.25, -0.2) is 14.4 Å². The molecule has 2 aromatic rings. The fourth-order valence-corrected chi connectivity index (χ4v) is 3.43. The molecule has 0 radical (unpaired) electrons. The number of hydrogen-bond acceptors (Lipinski definition) is 4. The fraction of sp³-hybridized carbons (Fsp3) is 0.429. The van der Waals surface area contributed by atoms with E-state index in [4.69, 9.17) is 11.6 Å². The highest BCUT2D eigenvalue weighted by molar-refractivity contribution is 6.33. The molecule has 1 aliphatic heterocycles. The molecule has 29 heavy (non-hydrogen) atoms. The highest BCUT2D eigenvalue weighted by atomic mass is 35.5. The molecule has 0 spiro atoms. The van der Waals surface area contributed by atoms with Crippen LogP contribution in [-0.4, -0.2) is 45.8 Å². The van der Waals surface area contributed by atoms with E-state index in [1.165, 1.54) is 30.6 Å². The molecular weight excluding hydrogens is 395 g/mol. The smallest absolute Gasteiger partial charge is 0.254 e. The van der Waals surface area contributed by atoms with Gasteiger partial charge in [-0.15, -0.1) is 0 Å². The second-order valence-corrected chi connectivity index (χ2v) is 8.62. The zero-order valence-electron chi connectivity index (χ0n) is 16.7. The van der Waals surface area contributed by atoms with Gasteiger partial charge >= 0.3 is 0 Å². The van der Waals surface area contributed by atoms with Crippen molar-refractivity contribution in [1.29, 1.82) is 0 Å². The molecular formula is C21H24ClFN4O2. The number of aromatic nitrogens is 2. The number of carbonyl (C=O) groups excluding carboxylic acids is 2. The van der Waals surface area contributed by atoms with Crippen LogP contribution in [0.15, 0.2) is 30.6 Å². The number of piperidine rings is 1. The number of nitrogens with one attached hydrogen (secondary N) is 1. The third-order valence-corrected chi connectivity index (χ3v) is 5.17. The van der Waals surface area contributed by atoms with Gasteiger partial charge in [-0.1, -0.05) is 32.4 Å². The maximum absolute atomic E-state index is 13.4. The Labute approximate surface area is 174 Å². The Bertz CT molecular complexity index is 904. The molecule has 1 aliphatic rings. The Morgan fingerprint density at radius 1 is 1.17 bits per heavy atom. The van der Waals surface area contributed by atoms with Crippen LogP contribution in [0, 0.1) is 11.2 Å². The van der Waals surface area contributed by atoms with Gasteiger partial charge in [0.15, 0.2) is 5.82 Å². The fourth-order valence-electron chi connectivity index (χ4n) is 3.22. The highest BCUT2D eigenvalue weighted by Crippen LogP contribution is 2.26. The SMILES string of the molecule is CC(C)(C)C(=O)N1CCC(NC(=O)c2cnc(-c3cc(F)ccc3Cl)nc2)CC1. The zero-order valence-corrected chi connectivity index (χ0v) is 17.5. The number of benzene rings is 1. The summed E-state index contributed by atoms with van der Waals surface area (Å²) in [6, 6.07) is 3.94. The van der Waals surface area contributed by atoms with Crippen molar-refractivity contribution in [3.8, 4) is 11.4 Å². The van der Waals surface area contributed by atoms with Crippen molar-refractivity contribution in [1.82, 2.24) is 20.2 Å². The van der Waals surface area contributed by atoms with Crippen LogP contribution in [0.2, 0.25) is 5.02 Å². The van der Waals surface area contributed by atoms with Crippen LogP contribution in [-0.2, 0) is 4.79 Å². The van der Waals surface area contributed by atoms with Gasteiger partial charge in [0, 0.05) is 42.5 Å². The number of hydrogen-bond donors (Lipinski definition) is 1. The summed E-state index contributed by atoms with van der Waals surface area (Å²) >= 11 is 6.07. The van der Waals surface area contributed by atoms with Gasteiger partial charge in [0.05, 0.1) is 10.6 Å². The maximum atomic E-state index is 13.4. The third-order valence-electron chi connectivity index (χ3n) is 4.84. The third kappa shape index (κ3) is 5.09. The summed E-state index contributed by atoms with van der Waals surface area (Å²) in [4.78, 5) is 35.0. The molecule has 2 heterocycles. The Morgan fingerprint density at radius 2 is 1.79 bits per heavy atom. The monoisotopic (exact) mass is 418 g/mol. The first-order valence-electron chi connectivity index (χ1n) is 9.53. The molecule has 1 aromatic heterocycles. The minimum absolute atomic E-state index is 0.0103. The summed E-state index contributed by atoms with van der Waals surface area (Å²) in [7, 11) is 0. The number of nitrogens with zero attached hydrogens (tertiary/aromatic N) is 3. The minimum atomic E-state index is -0.439. The standard InChI is InChI=1S/C21H24ClFN4O2/c1-21(2,3)20(29)27-8-6-15(7-9-27)26-19(28)13-11-24-18(25-12-13)16-10-14(23)4-5-17(16)22/h4-5,10-12,15H,6-9H2,1-3H3,(H,26,28). The molecule has 0 saturated carbocycles. The lowest BCUT2D eigenvalue weighted by atomic mass is 9.93. The maximum Gasteiger partial charge on any atom is 0.254 e. The average molecular weight is 419 g/mol. The van der Waals surface area contributed by atoms with E-state index >= 15 is 0 Å². The lowest BCUT2D eigenvalue weighted by molar-refractivity contribution is -0.140. The summed E-state index contributed by atoms with van der Waals surface area (Å²) in [6.07, 6.45) is 4.20. The van der Waals surface area contributed by atoms with Crippen LogP contribution >= 0.6 is 11.6 Å². The van der Waals surface area contributed by atoms with E-state index in [2.05, 4.69) is 15.3 Å². The predicted octanol–water partition coefficient (Wildman–Crippen LogP) is 3.70. The van der Waals surface area contributed by atoms with Crippen molar-refractivity contribution < 1.29 is 14.0 Å². The number of amides is 2. The molecule has 6 nitrogen and oxygen atoms in total. The summed E-state index contributed by atoms with van der Waals surface area (Å²) < 4.78 is 13.4. The van der Waals surface area contributed by atoms with E-state index in [1.54, 1.807) is 0 Å². The Hall–Kier alpha value is -2.54. The van der Waals surface area contributed by atoms with Crippen molar-refractivity contribution in [2.45, 2.75) is 39.7 Å². The Kier molecular flexibility index (Phi) is 6.17. The number of rotatable bonds is 3. The molecule has 3 rings (SSSR count). The number of likely N-dealkylation sites (tertiary alicyclic amines) is 1. The molecule has 1 N–H and O–H groups in total. The molecule has 0 unspecified atom stereocenters. The van der Waals surface area contributed by atoms with E-state index < -0.39 is 11.2 Å². The quantitative estimate of drug-likeness (QED) is 0.824. The van der Waals surface area contributed by atoms with Gasteiger partial charge in [0.1, 0.15) is 5.82 Å². The van der Waals surface area contributed by atoms with E-state index in [1.807, 2.05) is 25.7 Å². The van der Waals surface area contributed by atoms with Crippen LogP contribution in [0.3, 0.4) is 0 Å². The first-order chi connectivity index (χ1) is 13.6. The zero-order chi connectivity index (χ0) is 21.2. The van der Waals surface area contributed by atoms with Crippen molar-refractivity contribution in [2.75, 3.05) is 13.1 Å². The van der Waals surface area contributed by atoms with Crippen molar-refractivity contribution in [2.24, 2.45) is 5.41 Å². The van der Waals surface area contributed by atoms with Crippen LogP contribution in [0.25, 0.3) is 11.4 Å². The lowest BCUT2D eigenvalue weighted by Gasteiger charge is -2.36. The number of carbonyl (C=O) groups is 2. The van der Waals surface area contributed by atoms with Crippen LogP contribution in [0.4, 0.5) is 4.39 Å². The first-order valence-corrected chi connectivity index (χ1v) is 9.90. The van der Waals surface area contributed by atoms with Gasteiger partial charge in [0.2, 0.25) is 5.91 Å². The molecule has 0 atom stereocenters. The van der Waals surface area contributed by atoms with E-state index in [0.717, 1.165) is 0 Å². The minimum Gasteiger partial charge on any atom is -0.349 e. The van der Waals surface area contributed by atoms with Crippen molar-refractivity contribution >= 4 is 23.4 Å². The molecule has 2 amide bonds. The Balaban J connectivity index is 1.59. The lowest BCUT2D eigenvalue weighted by Crippen LogP contribution is -2.49. The van der Waals surface area contributed by atoms with Gasteiger partial charge in [-0.05, 0) is 31.0 Å². The highest BCUT2D eigenvalue weighted by Gasteiger charge is 2.30. The van der Waals surface area contributed by atoms with Gasteiger partial charge in [0.25, 0.3) is 5.91 Å². The largest absolute Gasteiger partial charge is 0.349 e. The molecule has 154 valence electrons. The van der Waals surface area contributed by atoms with Gasteiger partial charge in [-0.3, -0.25) is 9.59 Å². The summed E-state index contributed by atoms with van der Waals surface area (Å²) in [6.45, 7) is 6.96. The van der Waals surface area contributed by atoms with E-state index in [0.29, 0.717) is 42.1 Å². The summed E-state index contributed by atoms with van der Waals surface area (Å²) in [5, 5.41) is 3.30. The van der Waals surface area contributed by atoms with Crippen molar-refractivity contribution in [3.63, 3.8) is 0 Å². The van der Waals surface area contributed by atoms with E-state index in [-0.39, 0.29) is 23.7 Å². The van der Waals surface area contributed by atoms with Crippen molar-refractivity contribution in [3.05, 3.63) is 47.0 Å². The molecule has 8 heteroatoms. The average Bonchev–Trinajstić information content (AvgIpc) is 2.69. The van der Waals surface area contributed by atoms with Crippen LogP contribution in [0.1, 0.15) is 44.0 Å². The number of halogens is 2. The second kappa shape index (κ2) is 8.45. The summed E-state index contributed by atoms with van der Waals surface area (Å²) in [5.74, 6) is -0.337. The van der Waals surface area contributed by atoms with Crippen LogP contribution < -0.4 is 5.32 Å². The molecule has 0 bridgehead atoms. The van der Waals surface area contributed by atoms with Gasteiger partial charge < -0.3 is 10.2 Å². The topological polar surface area (TPSA) is 75.2 Å². The molecule has 0 aliphatic carbocycles. The van der Waals surface area contributed by atoms with Gasteiger partial charge in [-0.2, -0.15) is 0 Å².